The van der Waals surface area contributed by atoms with Gasteiger partial charge in [-0.2, -0.15) is 0 Å². The van der Waals surface area contributed by atoms with E-state index < -0.39 is 0 Å². The Morgan fingerprint density at radius 1 is 1.50 bits per heavy atom. The Bertz CT molecular complexity index is 391. The normalized spacial score (nSPS) is 9.88. The third-order valence-electron chi connectivity index (χ3n) is 2.10. The minimum atomic E-state index is -0.0134. The molecule has 0 saturated carbocycles. The van der Waals surface area contributed by atoms with E-state index in [9.17, 15) is 4.79 Å². The Morgan fingerprint density at radius 2 is 2.25 bits per heavy atom. The van der Waals surface area contributed by atoms with Gasteiger partial charge in [0.05, 0.1) is 5.75 Å². The standard InChI is InChI=1S/C12H16N2OS/c1-9-3-4-10(2)11(7-9)14-12(15)8-16-6-5-13/h3-5,7,13H,6,8H2,1-2H3,(H,14,15). The summed E-state index contributed by atoms with van der Waals surface area (Å²) in [6.07, 6.45) is 1.30. The van der Waals surface area contributed by atoms with Crippen LogP contribution < -0.4 is 5.32 Å². The van der Waals surface area contributed by atoms with Crippen LogP contribution in [0.2, 0.25) is 0 Å². The minimum Gasteiger partial charge on any atom is -0.325 e. The molecule has 0 spiro atoms. The van der Waals surface area contributed by atoms with Gasteiger partial charge in [0.25, 0.3) is 0 Å². The Morgan fingerprint density at radius 3 is 2.94 bits per heavy atom. The molecule has 0 heterocycles. The van der Waals surface area contributed by atoms with E-state index in [2.05, 4.69) is 5.32 Å². The fraction of sp³-hybridized carbons (Fsp3) is 0.333. The van der Waals surface area contributed by atoms with Crippen LogP contribution in [0.5, 0.6) is 0 Å². The van der Waals surface area contributed by atoms with Gasteiger partial charge in [-0.05, 0) is 31.0 Å². The average Bonchev–Trinajstić information content (AvgIpc) is 2.24. The molecule has 0 aliphatic carbocycles. The number of rotatable bonds is 5. The summed E-state index contributed by atoms with van der Waals surface area (Å²) in [6, 6.07) is 5.99. The number of carbonyl (C=O) groups is 1. The number of carbonyl (C=O) groups excluding carboxylic acids is 1. The molecule has 1 aromatic rings. The Balaban J connectivity index is 2.55. The highest BCUT2D eigenvalue weighted by Gasteiger charge is 2.04. The molecule has 2 N–H and O–H groups in total. The quantitative estimate of drug-likeness (QED) is 0.610. The lowest BCUT2D eigenvalue weighted by atomic mass is 10.1. The molecule has 16 heavy (non-hydrogen) atoms. The van der Waals surface area contributed by atoms with Gasteiger partial charge in [0, 0.05) is 17.7 Å². The molecule has 0 fully saturated rings. The molecule has 4 heteroatoms. The van der Waals surface area contributed by atoms with Gasteiger partial charge in [-0.15, -0.1) is 11.8 Å². The van der Waals surface area contributed by atoms with Gasteiger partial charge in [-0.3, -0.25) is 4.79 Å². The van der Waals surface area contributed by atoms with Crippen LogP contribution in [-0.4, -0.2) is 23.6 Å². The molecule has 3 nitrogen and oxygen atoms in total. The molecule has 0 saturated heterocycles. The predicted octanol–water partition coefficient (Wildman–Crippen LogP) is 2.62. The molecule has 86 valence electrons. The largest absolute Gasteiger partial charge is 0.325 e. The first-order valence-corrected chi connectivity index (χ1v) is 6.22. The molecule has 0 aliphatic heterocycles. The van der Waals surface area contributed by atoms with Crippen LogP contribution in [0, 0.1) is 19.3 Å². The van der Waals surface area contributed by atoms with Crippen LogP contribution in [0.1, 0.15) is 11.1 Å². The summed E-state index contributed by atoms with van der Waals surface area (Å²) >= 11 is 1.44. The second-order valence-electron chi connectivity index (χ2n) is 3.59. The van der Waals surface area contributed by atoms with Crippen LogP contribution in [-0.2, 0) is 4.79 Å². The van der Waals surface area contributed by atoms with Crippen LogP contribution in [0.25, 0.3) is 0 Å². The molecule has 1 rings (SSSR count). The highest BCUT2D eigenvalue weighted by molar-refractivity contribution is 8.00. The summed E-state index contributed by atoms with van der Waals surface area (Å²) in [6.45, 7) is 3.97. The van der Waals surface area contributed by atoms with Crippen molar-refractivity contribution < 1.29 is 4.79 Å². The van der Waals surface area contributed by atoms with Gasteiger partial charge in [-0.25, -0.2) is 0 Å². The van der Waals surface area contributed by atoms with Crippen molar-refractivity contribution in [2.75, 3.05) is 16.8 Å². The van der Waals surface area contributed by atoms with Gasteiger partial charge >= 0.3 is 0 Å². The zero-order chi connectivity index (χ0) is 12.0. The molecule has 0 atom stereocenters. The molecular weight excluding hydrogens is 220 g/mol. The fourth-order valence-corrected chi connectivity index (χ4v) is 1.76. The van der Waals surface area contributed by atoms with E-state index >= 15 is 0 Å². The maximum atomic E-state index is 11.5. The molecule has 0 radical (unpaired) electrons. The number of benzene rings is 1. The highest BCUT2D eigenvalue weighted by Crippen LogP contribution is 2.16. The summed E-state index contributed by atoms with van der Waals surface area (Å²) in [7, 11) is 0. The number of thioether (sulfide) groups is 1. The maximum absolute atomic E-state index is 11.5. The minimum absolute atomic E-state index is 0.0134. The average molecular weight is 236 g/mol. The van der Waals surface area contributed by atoms with Crippen LogP contribution >= 0.6 is 11.8 Å². The Hall–Kier alpha value is -1.29. The summed E-state index contributed by atoms with van der Waals surface area (Å²) in [5, 5.41) is 9.73. The predicted molar refractivity (Wildman–Crippen MR) is 70.7 cm³/mol. The number of amides is 1. The number of nitrogens with one attached hydrogen (secondary N) is 2. The van der Waals surface area contributed by atoms with Gasteiger partial charge in [0.2, 0.25) is 5.91 Å². The van der Waals surface area contributed by atoms with Gasteiger partial charge in [0.15, 0.2) is 0 Å². The smallest absolute Gasteiger partial charge is 0.234 e. The van der Waals surface area contributed by atoms with E-state index in [1.54, 1.807) is 0 Å². The van der Waals surface area contributed by atoms with E-state index in [0.29, 0.717) is 11.5 Å². The van der Waals surface area contributed by atoms with E-state index in [1.807, 2.05) is 32.0 Å². The van der Waals surface area contributed by atoms with Crippen LogP contribution in [0.3, 0.4) is 0 Å². The monoisotopic (exact) mass is 236 g/mol. The van der Waals surface area contributed by atoms with E-state index in [1.165, 1.54) is 18.0 Å². The van der Waals surface area contributed by atoms with Crippen LogP contribution in [0.4, 0.5) is 5.69 Å². The molecule has 0 unspecified atom stereocenters. The zero-order valence-corrected chi connectivity index (χ0v) is 10.4. The van der Waals surface area contributed by atoms with E-state index in [-0.39, 0.29) is 5.91 Å². The maximum Gasteiger partial charge on any atom is 0.234 e. The first kappa shape index (κ1) is 12.8. The third kappa shape index (κ3) is 4.06. The zero-order valence-electron chi connectivity index (χ0n) is 9.54. The first-order chi connectivity index (χ1) is 7.63. The first-order valence-electron chi connectivity index (χ1n) is 5.07. The lowest BCUT2D eigenvalue weighted by molar-refractivity contribution is -0.113. The molecule has 1 amide bonds. The van der Waals surface area contributed by atoms with Crippen molar-refractivity contribution in [3.63, 3.8) is 0 Å². The lowest BCUT2D eigenvalue weighted by Gasteiger charge is -2.08. The number of hydrogen-bond acceptors (Lipinski definition) is 3. The second kappa shape index (κ2) is 6.33. The number of hydrogen-bond donors (Lipinski definition) is 2. The van der Waals surface area contributed by atoms with Crippen LogP contribution in [0.15, 0.2) is 18.2 Å². The summed E-state index contributed by atoms with van der Waals surface area (Å²) in [5.74, 6) is 0.962. The van der Waals surface area contributed by atoms with Crippen molar-refractivity contribution in [1.29, 1.82) is 5.41 Å². The molecular formula is C12H16N2OS. The van der Waals surface area contributed by atoms with Crippen molar-refractivity contribution >= 4 is 29.6 Å². The molecule has 0 aliphatic rings. The van der Waals surface area contributed by atoms with Crippen molar-refractivity contribution in [2.24, 2.45) is 0 Å². The topological polar surface area (TPSA) is 53.0 Å². The van der Waals surface area contributed by atoms with Gasteiger partial charge < -0.3 is 10.7 Å². The van der Waals surface area contributed by atoms with Crippen molar-refractivity contribution in [2.45, 2.75) is 13.8 Å². The lowest BCUT2D eigenvalue weighted by Crippen LogP contribution is -2.15. The second-order valence-corrected chi connectivity index (χ2v) is 4.62. The Labute approximate surface area is 100 Å². The van der Waals surface area contributed by atoms with E-state index in [0.717, 1.165) is 16.8 Å². The Kier molecular flexibility index (Phi) is 5.05. The number of aryl methyl sites for hydroxylation is 2. The van der Waals surface area contributed by atoms with E-state index in [4.69, 9.17) is 5.41 Å². The summed E-state index contributed by atoms with van der Waals surface area (Å²) in [4.78, 5) is 11.5. The fourth-order valence-electron chi connectivity index (χ4n) is 1.27. The van der Waals surface area contributed by atoms with Gasteiger partial charge in [-0.1, -0.05) is 12.1 Å². The third-order valence-corrected chi connectivity index (χ3v) is 2.97. The van der Waals surface area contributed by atoms with Crippen molar-refractivity contribution in [1.82, 2.24) is 0 Å². The molecule has 0 bridgehead atoms. The summed E-state index contributed by atoms with van der Waals surface area (Å²) < 4.78 is 0. The highest BCUT2D eigenvalue weighted by atomic mass is 32.2. The van der Waals surface area contributed by atoms with Crippen molar-refractivity contribution in [3.8, 4) is 0 Å². The number of anilines is 1. The van der Waals surface area contributed by atoms with Crippen molar-refractivity contribution in [3.05, 3.63) is 29.3 Å². The molecule has 1 aromatic carbocycles. The van der Waals surface area contributed by atoms with Gasteiger partial charge in [0.1, 0.15) is 0 Å². The molecule has 0 aromatic heterocycles. The SMILES string of the molecule is Cc1ccc(C)c(NC(=O)CSCC=N)c1. The summed E-state index contributed by atoms with van der Waals surface area (Å²) in [5.41, 5.74) is 3.07.